The lowest BCUT2D eigenvalue weighted by Crippen LogP contribution is -2.29. The molecule has 0 atom stereocenters. The predicted octanol–water partition coefficient (Wildman–Crippen LogP) is 7.02. The van der Waals surface area contributed by atoms with E-state index in [1.54, 1.807) is 32.2 Å². The van der Waals surface area contributed by atoms with Crippen LogP contribution in [0.25, 0.3) is 11.3 Å². The van der Waals surface area contributed by atoms with E-state index in [-0.39, 0.29) is 23.2 Å². The standard InChI is InChI=1S/C30H29N3O5S/c1-4-37-30(34)28-24-12-13-32(17-21-8-6-5-7-9-21)18-27(24)39-29(28)31-16-23-10-11-26(38-23)22-14-19(2)20(3)25(15-22)33(35)36/h5-11,14-16H,4,12-13,17-18H2,1-3H3. The van der Waals surface area contributed by atoms with E-state index in [2.05, 4.69) is 22.0 Å². The third-order valence-corrected chi connectivity index (χ3v) is 8.03. The highest BCUT2D eigenvalue weighted by atomic mass is 32.1. The van der Waals surface area contributed by atoms with Crippen molar-refractivity contribution in [2.45, 2.75) is 40.3 Å². The number of thiophene rings is 1. The Bertz CT molecular complexity index is 1550. The number of aryl methyl sites for hydroxylation is 1. The number of nitro groups is 1. The van der Waals surface area contributed by atoms with Crippen molar-refractivity contribution >= 4 is 34.2 Å². The summed E-state index contributed by atoms with van der Waals surface area (Å²) in [7, 11) is 0. The van der Waals surface area contributed by atoms with E-state index < -0.39 is 0 Å². The van der Waals surface area contributed by atoms with Gasteiger partial charge in [-0.1, -0.05) is 30.3 Å². The zero-order chi connectivity index (χ0) is 27.5. The number of carbonyl (C=O) groups excluding carboxylic acids is 1. The second-order valence-electron chi connectivity index (χ2n) is 9.51. The quantitative estimate of drug-likeness (QED) is 0.103. The molecule has 8 nitrogen and oxygen atoms in total. The highest BCUT2D eigenvalue weighted by Crippen LogP contribution is 2.40. The number of rotatable bonds is 8. The maximum atomic E-state index is 12.9. The molecule has 200 valence electrons. The molecule has 0 radical (unpaired) electrons. The van der Waals surface area contributed by atoms with Gasteiger partial charge in [0.05, 0.1) is 23.3 Å². The smallest absolute Gasteiger partial charge is 0.341 e. The first-order valence-electron chi connectivity index (χ1n) is 12.8. The maximum absolute atomic E-state index is 12.9. The third kappa shape index (κ3) is 5.69. The zero-order valence-corrected chi connectivity index (χ0v) is 22.9. The number of aliphatic imine (C=N–C) groups is 1. The van der Waals surface area contributed by atoms with E-state index >= 15 is 0 Å². The molecule has 0 saturated carbocycles. The largest absolute Gasteiger partial charge is 0.462 e. The maximum Gasteiger partial charge on any atom is 0.341 e. The van der Waals surface area contributed by atoms with Crippen molar-refractivity contribution in [1.82, 2.24) is 4.90 Å². The molecule has 0 N–H and O–H groups in total. The minimum Gasteiger partial charge on any atom is -0.462 e. The van der Waals surface area contributed by atoms with Gasteiger partial charge in [-0.15, -0.1) is 11.3 Å². The van der Waals surface area contributed by atoms with Gasteiger partial charge in [-0.25, -0.2) is 9.79 Å². The molecule has 0 amide bonds. The molecule has 1 aliphatic rings. The summed E-state index contributed by atoms with van der Waals surface area (Å²) in [5.74, 6) is 0.634. The Morgan fingerprint density at radius 2 is 2.00 bits per heavy atom. The summed E-state index contributed by atoms with van der Waals surface area (Å²) in [4.78, 5) is 32.2. The summed E-state index contributed by atoms with van der Waals surface area (Å²) >= 11 is 1.50. The Hall–Kier alpha value is -4.08. The number of nitrogens with zero attached hydrogens (tertiary/aromatic N) is 3. The van der Waals surface area contributed by atoms with Crippen molar-refractivity contribution in [1.29, 1.82) is 0 Å². The number of hydrogen-bond donors (Lipinski definition) is 0. The molecule has 0 bridgehead atoms. The normalized spacial score (nSPS) is 13.5. The lowest BCUT2D eigenvalue weighted by Gasteiger charge is -2.27. The average Bonchev–Trinajstić information content (AvgIpc) is 3.54. The van der Waals surface area contributed by atoms with Crippen LogP contribution in [0.15, 0.2) is 64.0 Å². The first-order chi connectivity index (χ1) is 18.8. The van der Waals surface area contributed by atoms with Crippen LogP contribution in [0.1, 0.15) is 50.2 Å². The minimum atomic E-state index is -0.381. The van der Waals surface area contributed by atoms with E-state index in [0.29, 0.717) is 33.2 Å². The number of hydrogen-bond acceptors (Lipinski definition) is 8. The van der Waals surface area contributed by atoms with Crippen molar-refractivity contribution < 1.29 is 18.9 Å². The molecule has 5 rings (SSSR count). The molecule has 0 spiro atoms. The number of esters is 1. The molecule has 2 aromatic carbocycles. The van der Waals surface area contributed by atoms with Gasteiger partial charge in [0.15, 0.2) is 0 Å². The van der Waals surface area contributed by atoms with Gasteiger partial charge < -0.3 is 9.15 Å². The molecule has 0 aliphatic carbocycles. The fourth-order valence-electron chi connectivity index (χ4n) is 4.80. The lowest BCUT2D eigenvalue weighted by molar-refractivity contribution is -0.385. The van der Waals surface area contributed by atoms with Gasteiger partial charge in [0.1, 0.15) is 16.5 Å². The Kier molecular flexibility index (Phi) is 7.72. The molecule has 0 fully saturated rings. The van der Waals surface area contributed by atoms with Crippen LogP contribution in [0, 0.1) is 24.0 Å². The van der Waals surface area contributed by atoms with Crippen LogP contribution in [0.3, 0.4) is 0 Å². The van der Waals surface area contributed by atoms with Crippen LogP contribution in [0.4, 0.5) is 10.7 Å². The molecular formula is C30H29N3O5S. The molecular weight excluding hydrogens is 514 g/mol. The summed E-state index contributed by atoms with van der Waals surface area (Å²) in [6.07, 6.45) is 2.33. The van der Waals surface area contributed by atoms with Crippen LogP contribution in [-0.4, -0.2) is 35.2 Å². The van der Waals surface area contributed by atoms with Gasteiger partial charge in [0.2, 0.25) is 0 Å². The van der Waals surface area contributed by atoms with Crippen LogP contribution >= 0.6 is 11.3 Å². The van der Waals surface area contributed by atoms with E-state index in [1.807, 2.05) is 31.2 Å². The van der Waals surface area contributed by atoms with Crippen molar-refractivity contribution in [2.24, 2.45) is 4.99 Å². The third-order valence-electron chi connectivity index (χ3n) is 6.90. The molecule has 0 unspecified atom stereocenters. The number of furan rings is 1. The Balaban J connectivity index is 1.41. The second-order valence-corrected chi connectivity index (χ2v) is 10.6. The summed E-state index contributed by atoms with van der Waals surface area (Å²) in [5, 5.41) is 12.1. The Labute approximate surface area is 230 Å². The highest BCUT2D eigenvalue weighted by molar-refractivity contribution is 7.16. The summed E-state index contributed by atoms with van der Waals surface area (Å²) < 4.78 is 11.3. The van der Waals surface area contributed by atoms with E-state index in [9.17, 15) is 14.9 Å². The van der Waals surface area contributed by atoms with Crippen LogP contribution in [0.2, 0.25) is 0 Å². The average molecular weight is 544 g/mol. The van der Waals surface area contributed by atoms with Gasteiger partial charge in [-0.05, 0) is 62.1 Å². The monoisotopic (exact) mass is 543 g/mol. The zero-order valence-electron chi connectivity index (χ0n) is 22.1. The van der Waals surface area contributed by atoms with Crippen LogP contribution < -0.4 is 0 Å². The fourth-order valence-corrected chi connectivity index (χ4v) is 6.02. The van der Waals surface area contributed by atoms with Crippen molar-refractivity contribution in [2.75, 3.05) is 13.2 Å². The van der Waals surface area contributed by atoms with Gasteiger partial charge >= 0.3 is 5.97 Å². The second kappa shape index (κ2) is 11.3. The number of nitro benzene ring substituents is 1. The van der Waals surface area contributed by atoms with Crippen LogP contribution in [0.5, 0.6) is 0 Å². The Morgan fingerprint density at radius 1 is 1.21 bits per heavy atom. The molecule has 0 saturated heterocycles. The number of carbonyl (C=O) groups is 1. The van der Waals surface area contributed by atoms with Gasteiger partial charge in [0.25, 0.3) is 5.69 Å². The minimum absolute atomic E-state index is 0.0566. The molecule has 2 aromatic heterocycles. The molecule has 9 heteroatoms. The van der Waals surface area contributed by atoms with Gasteiger partial charge in [0, 0.05) is 41.7 Å². The summed E-state index contributed by atoms with van der Waals surface area (Å²) in [6, 6.07) is 17.3. The number of benzene rings is 2. The van der Waals surface area contributed by atoms with Gasteiger partial charge in [-0.2, -0.15) is 0 Å². The van der Waals surface area contributed by atoms with E-state index in [1.165, 1.54) is 23.0 Å². The van der Waals surface area contributed by atoms with E-state index in [4.69, 9.17) is 9.15 Å². The molecule has 4 aromatic rings. The topological polar surface area (TPSA) is 98.2 Å². The van der Waals surface area contributed by atoms with Crippen molar-refractivity contribution in [3.8, 4) is 11.3 Å². The molecule has 3 heterocycles. The Morgan fingerprint density at radius 3 is 2.74 bits per heavy atom. The number of fused-ring (bicyclic) bond motifs is 1. The molecule has 1 aliphatic heterocycles. The van der Waals surface area contributed by atoms with Crippen LogP contribution in [-0.2, 0) is 24.2 Å². The van der Waals surface area contributed by atoms with Crippen molar-refractivity contribution in [3.05, 3.63) is 103 Å². The molecule has 39 heavy (non-hydrogen) atoms. The lowest BCUT2D eigenvalue weighted by atomic mass is 10.0. The van der Waals surface area contributed by atoms with Crippen molar-refractivity contribution in [3.63, 3.8) is 0 Å². The predicted molar refractivity (Wildman–Crippen MR) is 152 cm³/mol. The first kappa shape index (κ1) is 26.5. The van der Waals surface area contributed by atoms with E-state index in [0.717, 1.165) is 42.1 Å². The summed E-state index contributed by atoms with van der Waals surface area (Å²) in [6.45, 7) is 8.09. The number of ether oxygens (including phenoxy) is 1. The summed E-state index contributed by atoms with van der Waals surface area (Å²) in [5.41, 5.74) is 4.93. The highest BCUT2D eigenvalue weighted by Gasteiger charge is 2.28. The SMILES string of the molecule is CCOC(=O)c1c(N=Cc2ccc(-c3cc(C)c(C)c([N+](=O)[O-])c3)o2)sc2c1CCN(Cc1ccccc1)C2. The van der Waals surface area contributed by atoms with Gasteiger partial charge in [-0.3, -0.25) is 15.0 Å². The fraction of sp³-hybridized carbons (Fsp3) is 0.267. The first-order valence-corrected chi connectivity index (χ1v) is 13.6.